The summed E-state index contributed by atoms with van der Waals surface area (Å²) in [7, 11) is 0. The molecule has 11 N–H and O–H groups in total. The second-order valence-electron chi connectivity index (χ2n) is 8.07. The first kappa shape index (κ1) is 34.3. The number of hydrogen-bond acceptors (Lipinski definition) is 9. The average molecular weight is 566 g/mol. The maximum Gasteiger partial charge on any atom is 0.326 e. The van der Waals surface area contributed by atoms with Gasteiger partial charge in [-0.1, -0.05) is 0 Å². The molecule has 4 atom stereocenters. The molecule has 0 aliphatic rings. The van der Waals surface area contributed by atoms with Gasteiger partial charge in [-0.05, 0) is 56.1 Å². The summed E-state index contributed by atoms with van der Waals surface area (Å²) in [6, 6.07) is -4.50. The highest BCUT2D eigenvalue weighted by Crippen LogP contribution is 2.07. The summed E-state index contributed by atoms with van der Waals surface area (Å²) in [6.45, 7) is 0.179. The molecule has 0 heterocycles. The van der Waals surface area contributed by atoms with Crippen LogP contribution in [0.25, 0.3) is 0 Å². The number of carboxylic acids is 2. The van der Waals surface area contributed by atoms with Crippen molar-refractivity contribution >= 4 is 59.1 Å². The second kappa shape index (κ2) is 19.4. The van der Waals surface area contributed by atoms with Crippen LogP contribution in [0.1, 0.15) is 38.5 Å². The predicted octanol–water partition coefficient (Wildman–Crippen LogP) is -1.72. The van der Waals surface area contributed by atoms with E-state index in [1.165, 1.54) is 23.5 Å². The second-order valence-corrected chi connectivity index (χ2v) is 10.0. The number of hydrogen-bond donors (Lipinski definition) is 8. The van der Waals surface area contributed by atoms with E-state index in [2.05, 4.69) is 20.9 Å². The van der Waals surface area contributed by atoms with Crippen LogP contribution >= 0.6 is 23.5 Å². The SMILES string of the molecule is CSCCC(N)C(=O)NC(CCC(=O)O)C(=O)NC(CCSC)C(=O)NC(CCCN=C(N)N)C(=O)O. The minimum atomic E-state index is -1.26. The number of carboxylic acid groups (broad SMARTS) is 2. The summed E-state index contributed by atoms with van der Waals surface area (Å²) in [5, 5.41) is 25.9. The number of rotatable bonds is 20. The van der Waals surface area contributed by atoms with Gasteiger partial charge < -0.3 is 43.4 Å². The van der Waals surface area contributed by atoms with Crippen molar-refractivity contribution in [2.24, 2.45) is 22.2 Å². The molecule has 0 bridgehead atoms. The number of amides is 3. The zero-order valence-corrected chi connectivity index (χ0v) is 22.7. The number of aliphatic imine (C=N–C) groups is 1. The number of guanidine groups is 1. The molecule has 0 aliphatic carbocycles. The third kappa shape index (κ3) is 15.9. The van der Waals surface area contributed by atoms with Crippen molar-refractivity contribution in [3.8, 4) is 0 Å². The van der Waals surface area contributed by atoms with Crippen molar-refractivity contribution in [3.63, 3.8) is 0 Å². The Balaban J connectivity index is 5.46. The fourth-order valence-electron chi connectivity index (χ4n) is 3.00. The van der Waals surface area contributed by atoms with E-state index in [1.54, 1.807) is 6.26 Å². The molecule has 3 amide bonds. The molecule has 0 aromatic heterocycles. The van der Waals surface area contributed by atoms with E-state index in [0.717, 1.165) is 0 Å². The first-order chi connectivity index (χ1) is 17.4. The lowest BCUT2D eigenvalue weighted by molar-refractivity contribution is -0.142. The zero-order valence-electron chi connectivity index (χ0n) is 21.1. The summed E-state index contributed by atoms with van der Waals surface area (Å²) >= 11 is 2.91. The van der Waals surface area contributed by atoms with Crippen LogP contribution in [0.3, 0.4) is 0 Å². The molecule has 0 spiro atoms. The van der Waals surface area contributed by atoms with Gasteiger partial charge in [0, 0.05) is 13.0 Å². The third-order valence-corrected chi connectivity index (χ3v) is 6.34. The summed E-state index contributed by atoms with van der Waals surface area (Å²) in [6.07, 6.45) is 3.89. The molecule has 0 fully saturated rings. The Morgan fingerprint density at radius 1 is 0.784 bits per heavy atom. The molecule has 0 rings (SSSR count). The molecule has 0 aromatic carbocycles. The Morgan fingerprint density at radius 3 is 1.81 bits per heavy atom. The van der Waals surface area contributed by atoms with E-state index in [4.69, 9.17) is 22.3 Å². The first-order valence-electron chi connectivity index (χ1n) is 11.6. The molecule has 0 saturated heterocycles. The van der Waals surface area contributed by atoms with Crippen LogP contribution in [0.15, 0.2) is 4.99 Å². The zero-order chi connectivity index (χ0) is 28.4. The van der Waals surface area contributed by atoms with E-state index in [9.17, 15) is 29.1 Å². The minimum absolute atomic E-state index is 0.0479. The van der Waals surface area contributed by atoms with Gasteiger partial charge in [0.1, 0.15) is 18.1 Å². The lowest BCUT2D eigenvalue weighted by atomic mass is 10.1. The number of nitrogens with two attached hydrogens (primary N) is 3. The van der Waals surface area contributed by atoms with E-state index < -0.39 is 60.2 Å². The monoisotopic (exact) mass is 565 g/mol. The van der Waals surface area contributed by atoms with Crippen LogP contribution in [0.2, 0.25) is 0 Å². The van der Waals surface area contributed by atoms with Crippen LogP contribution in [-0.2, 0) is 24.0 Å². The van der Waals surface area contributed by atoms with E-state index in [0.29, 0.717) is 17.9 Å². The molecule has 212 valence electrons. The van der Waals surface area contributed by atoms with Crippen molar-refractivity contribution in [2.45, 2.75) is 62.7 Å². The van der Waals surface area contributed by atoms with Gasteiger partial charge in [0.25, 0.3) is 0 Å². The highest BCUT2D eigenvalue weighted by molar-refractivity contribution is 7.98. The fourth-order valence-corrected chi connectivity index (χ4v) is 3.96. The molecule has 16 heteroatoms. The van der Waals surface area contributed by atoms with Crippen molar-refractivity contribution in [1.29, 1.82) is 0 Å². The molecule has 0 saturated carbocycles. The number of thioether (sulfide) groups is 2. The van der Waals surface area contributed by atoms with Crippen molar-refractivity contribution < 1.29 is 34.2 Å². The summed E-state index contributed by atoms with van der Waals surface area (Å²) in [5.74, 6) is -3.59. The quantitative estimate of drug-likeness (QED) is 0.0466. The van der Waals surface area contributed by atoms with Crippen molar-refractivity contribution in [3.05, 3.63) is 0 Å². The van der Waals surface area contributed by atoms with E-state index in [-0.39, 0.29) is 38.2 Å². The van der Waals surface area contributed by atoms with Crippen LogP contribution in [0.5, 0.6) is 0 Å². The molecule has 4 unspecified atom stereocenters. The largest absolute Gasteiger partial charge is 0.481 e. The van der Waals surface area contributed by atoms with Crippen molar-refractivity contribution in [2.75, 3.05) is 30.6 Å². The highest BCUT2D eigenvalue weighted by Gasteiger charge is 2.30. The maximum atomic E-state index is 13.0. The number of nitrogens with one attached hydrogen (secondary N) is 3. The fraction of sp³-hybridized carbons (Fsp3) is 0.714. The molecule has 0 radical (unpaired) electrons. The Labute approximate surface area is 224 Å². The van der Waals surface area contributed by atoms with E-state index in [1.807, 2.05) is 6.26 Å². The van der Waals surface area contributed by atoms with Crippen LogP contribution in [-0.4, -0.2) is 101 Å². The number of carbonyl (C=O) groups is 5. The Kier molecular flexibility index (Phi) is 18.0. The van der Waals surface area contributed by atoms with Gasteiger partial charge in [-0.3, -0.25) is 24.2 Å². The Morgan fingerprint density at radius 2 is 1.30 bits per heavy atom. The molecule has 0 aromatic rings. The third-order valence-electron chi connectivity index (χ3n) is 5.05. The minimum Gasteiger partial charge on any atom is -0.481 e. The Bertz CT molecular complexity index is 797. The topological polar surface area (TPSA) is 252 Å². The number of aliphatic carboxylic acids is 2. The smallest absolute Gasteiger partial charge is 0.326 e. The first-order valence-corrected chi connectivity index (χ1v) is 14.4. The predicted molar refractivity (Wildman–Crippen MR) is 144 cm³/mol. The highest BCUT2D eigenvalue weighted by atomic mass is 32.2. The van der Waals surface area contributed by atoms with Gasteiger partial charge >= 0.3 is 11.9 Å². The molecule has 0 aliphatic heterocycles. The van der Waals surface area contributed by atoms with Gasteiger partial charge in [-0.25, -0.2) is 4.79 Å². The number of carbonyl (C=O) groups excluding carboxylic acids is 3. The van der Waals surface area contributed by atoms with Crippen LogP contribution in [0, 0.1) is 0 Å². The molecule has 14 nitrogen and oxygen atoms in total. The normalized spacial score (nSPS) is 13.9. The summed E-state index contributed by atoms with van der Waals surface area (Å²) in [5.41, 5.74) is 16.3. The van der Waals surface area contributed by atoms with Crippen LogP contribution in [0.4, 0.5) is 0 Å². The summed E-state index contributed by atoms with van der Waals surface area (Å²) < 4.78 is 0. The lowest BCUT2D eigenvalue weighted by Gasteiger charge is -2.25. The van der Waals surface area contributed by atoms with Gasteiger partial charge in [0.05, 0.1) is 6.04 Å². The standard InChI is InChI=1S/C21H39N7O7S2/c1-36-10-7-12(22)17(31)26-13(5-6-16(29)30)18(32)27-14(8-11-37-2)19(33)28-15(20(34)35)4-3-9-25-21(23)24/h12-15H,3-11,22H2,1-2H3,(H,26,31)(H,27,32)(H,28,33)(H,29,30)(H,34,35)(H4,23,24,25). The van der Waals surface area contributed by atoms with E-state index >= 15 is 0 Å². The van der Waals surface area contributed by atoms with Gasteiger partial charge in [-0.2, -0.15) is 23.5 Å². The Hall–Kier alpha value is -2.72. The number of nitrogens with zero attached hydrogens (tertiary/aromatic N) is 1. The average Bonchev–Trinajstić information content (AvgIpc) is 2.83. The molecular weight excluding hydrogens is 526 g/mol. The van der Waals surface area contributed by atoms with Gasteiger partial charge in [0.15, 0.2) is 5.96 Å². The maximum absolute atomic E-state index is 13.0. The molecule has 37 heavy (non-hydrogen) atoms. The van der Waals surface area contributed by atoms with Crippen LogP contribution < -0.4 is 33.2 Å². The lowest BCUT2D eigenvalue weighted by Crippen LogP contribution is -2.57. The summed E-state index contributed by atoms with van der Waals surface area (Å²) in [4.78, 5) is 64.8. The van der Waals surface area contributed by atoms with Crippen molar-refractivity contribution in [1.82, 2.24) is 16.0 Å². The van der Waals surface area contributed by atoms with Gasteiger partial charge in [-0.15, -0.1) is 0 Å². The molecular formula is C21H39N7O7S2. The van der Waals surface area contributed by atoms with Gasteiger partial charge in [0.2, 0.25) is 17.7 Å².